The van der Waals surface area contributed by atoms with Gasteiger partial charge in [0, 0.05) is 18.3 Å². The monoisotopic (exact) mass is 216 g/mol. The summed E-state index contributed by atoms with van der Waals surface area (Å²) in [6.07, 6.45) is 3.97. The van der Waals surface area contributed by atoms with Gasteiger partial charge in [-0.1, -0.05) is 13.8 Å². The fourth-order valence-corrected chi connectivity index (χ4v) is 2.49. The highest BCUT2D eigenvalue weighted by molar-refractivity contribution is 7.99. The molecule has 1 aliphatic heterocycles. The largest absolute Gasteiger partial charge is 0.317 e. The van der Waals surface area contributed by atoms with Gasteiger partial charge in [-0.25, -0.2) is 0 Å². The zero-order chi connectivity index (χ0) is 10.2. The van der Waals surface area contributed by atoms with Crippen molar-refractivity contribution in [2.45, 2.75) is 44.4 Å². The molecule has 3 heteroatoms. The molecule has 2 N–H and O–H groups in total. The third-order valence-electron chi connectivity index (χ3n) is 2.56. The summed E-state index contributed by atoms with van der Waals surface area (Å²) in [5.41, 5.74) is 0. The first-order valence-corrected chi connectivity index (χ1v) is 6.89. The van der Waals surface area contributed by atoms with E-state index >= 15 is 0 Å². The highest BCUT2D eigenvalue weighted by atomic mass is 32.2. The van der Waals surface area contributed by atoms with Crippen LogP contribution in [0, 0.1) is 0 Å². The highest BCUT2D eigenvalue weighted by Gasteiger charge is 2.10. The molecule has 0 aromatic heterocycles. The van der Waals surface area contributed by atoms with Gasteiger partial charge in [0.2, 0.25) is 0 Å². The summed E-state index contributed by atoms with van der Waals surface area (Å²) in [7, 11) is 0. The summed E-state index contributed by atoms with van der Waals surface area (Å²) in [6, 6.07) is 0.762. The molecule has 0 saturated carbocycles. The Labute approximate surface area is 92.6 Å². The van der Waals surface area contributed by atoms with E-state index in [1.807, 2.05) is 11.8 Å². The molecule has 1 rings (SSSR count). The molecule has 0 spiro atoms. The topological polar surface area (TPSA) is 24.1 Å². The maximum Gasteiger partial charge on any atom is 0.00799 e. The van der Waals surface area contributed by atoms with Gasteiger partial charge in [-0.05, 0) is 37.6 Å². The van der Waals surface area contributed by atoms with Crippen LogP contribution in [0.25, 0.3) is 0 Å². The lowest BCUT2D eigenvalue weighted by atomic mass is 10.1. The number of thioether (sulfide) groups is 1. The van der Waals surface area contributed by atoms with Crippen molar-refractivity contribution >= 4 is 11.8 Å². The second-order valence-electron chi connectivity index (χ2n) is 4.25. The van der Waals surface area contributed by atoms with Crippen molar-refractivity contribution in [2.24, 2.45) is 0 Å². The Bertz CT molecular complexity index is 131. The molecule has 84 valence electrons. The van der Waals surface area contributed by atoms with Crippen LogP contribution in [-0.2, 0) is 0 Å². The van der Waals surface area contributed by atoms with Crippen LogP contribution in [0.1, 0.15) is 33.1 Å². The standard InChI is InChI=1S/C11H24N2S/c1-10(2)14-9-8-13-11-4-3-6-12-7-5-11/h10-13H,3-9H2,1-2H3. The van der Waals surface area contributed by atoms with Gasteiger partial charge < -0.3 is 10.6 Å². The Kier molecular flexibility index (Phi) is 6.65. The van der Waals surface area contributed by atoms with Crippen LogP contribution in [-0.4, -0.2) is 36.7 Å². The predicted molar refractivity (Wildman–Crippen MR) is 66.1 cm³/mol. The molecule has 0 aromatic rings. The van der Waals surface area contributed by atoms with Gasteiger partial charge in [0.1, 0.15) is 0 Å². The van der Waals surface area contributed by atoms with Crippen molar-refractivity contribution < 1.29 is 0 Å². The van der Waals surface area contributed by atoms with Crippen LogP contribution in [0.15, 0.2) is 0 Å². The number of hydrogen-bond acceptors (Lipinski definition) is 3. The van der Waals surface area contributed by atoms with Gasteiger partial charge in [-0.2, -0.15) is 11.8 Å². The predicted octanol–water partition coefficient (Wildman–Crippen LogP) is 1.86. The van der Waals surface area contributed by atoms with Gasteiger partial charge in [0.05, 0.1) is 0 Å². The van der Waals surface area contributed by atoms with Crippen LogP contribution >= 0.6 is 11.8 Å². The lowest BCUT2D eigenvalue weighted by molar-refractivity contribution is 0.484. The Morgan fingerprint density at radius 3 is 3.00 bits per heavy atom. The van der Waals surface area contributed by atoms with Gasteiger partial charge in [-0.15, -0.1) is 0 Å². The van der Waals surface area contributed by atoms with Gasteiger partial charge in [-0.3, -0.25) is 0 Å². The Morgan fingerprint density at radius 1 is 1.36 bits per heavy atom. The molecular weight excluding hydrogens is 192 g/mol. The molecule has 1 unspecified atom stereocenters. The van der Waals surface area contributed by atoms with Crippen molar-refractivity contribution in [3.8, 4) is 0 Å². The van der Waals surface area contributed by atoms with Gasteiger partial charge >= 0.3 is 0 Å². The van der Waals surface area contributed by atoms with E-state index in [0.717, 1.165) is 11.3 Å². The van der Waals surface area contributed by atoms with Crippen LogP contribution < -0.4 is 10.6 Å². The second-order valence-corrected chi connectivity index (χ2v) is 5.94. The second kappa shape index (κ2) is 7.55. The van der Waals surface area contributed by atoms with Crippen LogP contribution in [0.2, 0.25) is 0 Å². The first-order chi connectivity index (χ1) is 6.79. The fraction of sp³-hybridized carbons (Fsp3) is 1.00. The van der Waals surface area contributed by atoms with E-state index in [9.17, 15) is 0 Å². The SMILES string of the molecule is CC(C)SCCNC1CCCNCC1. The smallest absolute Gasteiger partial charge is 0.00799 e. The highest BCUT2D eigenvalue weighted by Crippen LogP contribution is 2.08. The summed E-state index contributed by atoms with van der Waals surface area (Å²) >= 11 is 2.05. The molecule has 0 radical (unpaired) electrons. The van der Waals surface area contributed by atoms with Gasteiger partial charge in [0.25, 0.3) is 0 Å². The first-order valence-electron chi connectivity index (χ1n) is 5.84. The quantitative estimate of drug-likeness (QED) is 0.686. The molecule has 1 heterocycles. The Hall–Kier alpha value is 0.270. The van der Waals surface area contributed by atoms with Crippen LogP contribution in [0.4, 0.5) is 0 Å². The lowest BCUT2D eigenvalue weighted by Gasteiger charge is -2.15. The molecular formula is C11H24N2S. The van der Waals surface area contributed by atoms with Crippen molar-refractivity contribution in [1.29, 1.82) is 0 Å². The minimum Gasteiger partial charge on any atom is -0.317 e. The Morgan fingerprint density at radius 2 is 2.21 bits per heavy atom. The van der Waals surface area contributed by atoms with Crippen LogP contribution in [0.3, 0.4) is 0 Å². The molecule has 1 fully saturated rings. The molecule has 0 aromatic carbocycles. The molecule has 0 amide bonds. The molecule has 1 saturated heterocycles. The summed E-state index contributed by atoms with van der Waals surface area (Å²) in [5.74, 6) is 1.25. The van der Waals surface area contributed by atoms with Crippen molar-refractivity contribution in [3.63, 3.8) is 0 Å². The van der Waals surface area contributed by atoms with Crippen molar-refractivity contribution in [1.82, 2.24) is 10.6 Å². The average Bonchev–Trinajstić information content (AvgIpc) is 2.40. The molecule has 14 heavy (non-hydrogen) atoms. The molecule has 1 atom stereocenters. The van der Waals surface area contributed by atoms with E-state index in [2.05, 4.69) is 24.5 Å². The fourth-order valence-electron chi connectivity index (χ4n) is 1.78. The minimum absolute atomic E-state index is 0.762. The third-order valence-corrected chi connectivity index (χ3v) is 3.67. The van der Waals surface area contributed by atoms with Gasteiger partial charge in [0.15, 0.2) is 0 Å². The van der Waals surface area contributed by atoms with E-state index in [4.69, 9.17) is 0 Å². The Balaban J connectivity index is 1.99. The lowest BCUT2D eigenvalue weighted by Crippen LogP contribution is -2.31. The van der Waals surface area contributed by atoms with E-state index in [1.165, 1.54) is 44.6 Å². The molecule has 0 aliphatic carbocycles. The summed E-state index contributed by atoms with van der Waals surface area (Å²) in [4.78, 5) is 0. The average molecular weight is 216 g/mol. The van der Waals surface area contributed by atoms with Crippen molar-refractivity contribution in [3.05, 3.63) is 0 Å². The summed E-state index contributed by atoms with van der Waals surface area (Å²) < 4.78 is 0. The molecule has 0 bridgehead atoms. The number of nitrogens with one attached hydrogen (secondary N) is 2. The third kappa shape index (κ3) is 5.89. The molecule has 1 aliphatic rings. The summed E-state index contributed by atoms with van der Waals surface area (Å²) in [6.45, 7) is 8.10. The zero-order valence-electron chi connectivity index (χ0n) is 9.51. The van der Waals surface area contributed by atoms with E-state index in [0.29, 0.717) is 0 Å². The zero-order valence-corrected chi connectivity index (χ0v) is 10.3. The van der Waals surface area contributed by atoms with E-state index in [-0.39, 0.29) is 0 Å². The number of hydrogen-bond donors (Lipinski definition) is 2. The number of rotatable bonds is 5. The van der Waals surface area contributed by atoms with Crippen LogP contribution in [0.5, 0.6) is 0 Å². The van der Waals surface area contributed by atoms with Crippen molar-refractivity contribution in [2.75, 3.05) is 25.4 Å². The first kappa shape index (κ1) is 12.3. The van der Waals surface area contributed by atoms with E-state index in [1.54, 1.807) is 0 Å². The maximum atomic E-state index is 3.66. The normalized spacial score (nSPS) is 23.8. The molecule has 2 nitrogen and oxygen atoms in total. The summed E-state index contributed by atoms with van der Waals surface area (Å²) in [5, 5.41) is 7.87. The minimum atomic E-state index is 0.762. The van der Waals surface area contributed by atoms with E-state index < -0.39 is 0 Å². The maximum absolute atomic E-state index is 3.66.